The molecule has 3 nitrogen and oxygen atoms in total. The Bertz CT molecular complexity index is 655. The maximum absolute atomic E-state index is 11.2. The van der Waals surface area contributed by atoms with Gasteiger partial charge in [-0.25, -0.2) is 0 Å². The molecule has 0 aliphatic heterocycles. The summed E-state index contributed by atoms with van der Waals surface area (Å²) in [5.74, 6) is -0.0661. The molecule has 0 spiro atoms. The Morgan fingerprint density at radius 3 is 2.57 bits per heavy atom. The summed E-state index contributed by atoms with van der Waals surface area (Å²) in [4.78, 5) is 11.2. The molecule has 2 aromatic rings. The van der Waals surface area contributed by atoms with E-state index in [-0.39, 0.29) is 11.9 Å². The first-order valence-electron chi connectivity index (χ1n) is 6.86. The van der Waals surface area contributed by atoms with Gasteiger partial charge < -0.3 is 10.6 Å². The molecule has 0 saturated carbocycles. The molecule has 0 heterocycles. The van der Waals surface area contributed by atoms with Crippen molar-refractivity contribution in [2.24, 2.45) is 0 Å². The summed E-state index contributed by atoms with van der Waals surface area (Å²) in [5, 5.41) is 6.31. The molecule has 1 amide bonds. The SMILES string of the molecule is CC(=O)Nc1ccc(C)c(NC(C)c2ccccc2Br)c1. The number of nitrogens with one attached hydrogen (secondary N) is 2. The second-order valence-corrected chi connectivity index (χ2v) is 5.95. The van der Waals surface area contributed by atoms with Gasteiger partial charge in [-0.2, -0.15) is 0 Å². The van der Waals surface area contributed by atoms with Crippen LogP contribution in [-0.2, 0) is 4.79 Å². The number of rotatable bonds is 4. The van der Waals surface area contributed by atoms with Crippen LogP contribution in [0, 0.1) is 6.92 Å². The van der Waals surface area contributed by atoms with Gasteiger partial charge in [0.05, 0.1) is 0 Å². The summed E-state index contributed by atoms with van der Waals surface area (Å²) < 4.78 is 1.08. The van der Waals surface area contributed by atoms with Crippen LogP contribution < -0.4 is 10.6 Å². The smallest absolute Gasteiger partial charge is 0.221 e. The van der Waals surface area contributed by atoms with Crippen molar-refractivity contribution >= 4 is 33.2 Å². The van der Waals surface area contributed by atoms with Crippen LogP contribution in [0.3, 0.4) is 0 Å². The van der Waals surface area contributed by atoms with Crippen molar-refractivity contribution in [3.8, 4) is 0 Å². The van der Waals surface area contributed by atoms with Gasteiger partial charge in [-0.15, -0.1) is 0 Å². The average molecular weight is 347 g/mol. The maximum atomic E-state index is 11.2. The summed E-state index contributed by atoms with van der Waals surface area (Å²) in [6.45, 7) is 5.67. The number of anilines is 2. The number of benzene rings is 2. The van der Waals surface area contributed by atoms with Crippen molar-refractivity contribution in [2.75, 3.05) is 10.6 Å². The van der Waals surface area contributed by atoms with Gasteiger partial charge in [0, 0.05) is 28.8 Å². The topological polar surface area (TPSA) is 41.1 Å². The highest BCUT2D eigenvalue weighted by Gasteiger charge is 2.10. The molecular formula is C17H19BrN2O. The van der Waals surface area contributed by atoms with Crippen LogP contribution >= 0.6 is 15.9 Å². The van der Waals surface area contributed by atoms with Gasteiger partial charge >= 0.3 is 0 Å². The molecule has 0 bridgehead atoms. The molecule has 4 heteroatoms. The standard InChI is InChI=1S/C17H19BrN2O/c1-11-8-9-14(20-13(3)21)10-17(11)19-12(2)15-6-4-5-7-16(15)18/h4-10,12,19H,1-3H3,(H,20,21). The molecule has 21 heavy (non-hydrogen) atoms. The minimum atomic E-state index is -0.0661. The van der Waals surface area contributed by atoms with Gasteiger partial charge in [0.25, 0.3) is 0 Å². The van der Waals surface area contributed by atoms with Gasteiger partial charge in [-0.1, -0.05) is 40.2 Å². The van der Waals surface area contributed by atoms with E-state index in [0.29, 0.717) is 0 Å². The maximum Gasteiger partial charge on any atom is 0.221 e. The second-order valence-electron chi connectivity index (χ2n) is 5.10. The molecule has 2 aromatic carbocycles. The van der Waals surface area contributed by atoms with Crippen LogP contribution in [0.5, 0.6) is 0 Å². The number of hydrogen-bond acceptors (Lipinski definition) is 2. The minimum absolute atomic E-state index is 0.0661. The van der Waals surface area contributed by atoms with E-state index < -0.39 is 0 Å². The summed E-state index contributed by atoms with van der Waals surface area (Å²) in [6, 6.07) is 14.2. The number of amides is 1. The molecule has 0 radical (unpaired) electrons. The number of carbonyl (C=O) groups is 1. The molecule has 110 valence electrons. The summed E-state index contributed by atoms with van der Waals surface area (Å²) in [6.07, 6.45) is 0. The zero-order valence-corrected chi connectivity index (χ0v) is 14.0. The second kappa shape index (κ2) is 6.76. The molecule has 0 saturated heterocycles. The van der Waals surface area contributed by atoms with Crippen LogP contribution in [0.4, 0.5) is 11.4 Å². The third-order valence-corrected chi connectivity index (χ3v) is 4.02. The van der Waals surface area contributed by atoms with Gasteiger partial charge in [0.1, 0.15) is 0 Å². The van der Waals surface area contributed by atoms with Gasteiger partial charge in [0.2, 0.25) is 5.91 Å². The van der Waals surface area contributed by atoms with Gasteiger partial charge in [-0.3, -0.25) is 4.79 Å². The van der Waals surface area contributed by atoms with E-state index in [0.717, 1.165) is 21.4 Å². The first kappa shape index (κ1) is 15.6. The first-order valence-corrected chi connectivity index (χ1v) is 7.66. The fraction of sp³-hybridized carbons (Fsp3) is 0.235. The fourth-order valence-corrected chi connectivity index (χ4v) is 2.82. The Morgan fingerprint density at radius 1 is 1.19 bits per heavy atom. The van der Waals surface area contributed by atoms with E-state index in [1.54, 1.807) is 0 Å². The predicted molar refractivity (Wildman–Crippen MR) is 91.7 cm³/mol. The van der Waals surface area contributed by atoms with E-state index in [9.17, 15) is 4.79 Å². The first-order chi connectivity index (χ1) is 9.97. The Labute approximate surface area is 133 Å². The molecular weight excluding hydrogens is 328 g/mol. The highest BCUT2D eigenvalue weighted by molar-refractivity contribution is 9.10. The molecule has 0 fully saturated rings. The van der Waals surface area contributed by atoms with Crippen LogP contribution in [0.15, 0.2) is 46.9 Å². The zero-order chi connectivity index (χ0) is 15.4. The lowest BCUT2D eigenvalue weighted by Gasteiger charge is -2.19. The van der Waals surface area contributed by atoms with Crippen molar-refractivity contribution in [3.05, 3.63) is 58.1 Å². The van der Waals surface area contributed by atoms with Gasteiger partial charge in [0.15, 0.2) is 0 Å². The van der Waals surface area contributed by atoms with Crippen LogP contribution in [0.2, 0.25) is 0 Å². The lowest BCUT2D eigenvalue weighted by atomic mass is 10.1. The van der Waals surface area contributed by atoms with Crippen molar-refractivity contribution in [1.82, 2.24) is 0 Å². The molecule has 2 N–H and O–H groups in total. The molecule has 1 unspecified atom stereocenters. The van der Waals surface area contributed by atoms with E-state index in [1.165, 1.54) is 12.5 Å². The summed E-state index contributed by atoms with van der Waals surface area (Å²) >= 11 is 3.58. The highest BCUT2D eigenvalue weighted by atomic mass is 79.9. The van der Waals surface area contributed by atoms with E-state index in [2.05, 4.69) is 39.6 Å². The zero-order valence-electron chi connectivity index (χ0n) is 12.4. The predicted octanol–water partition coefficient (Wildman–Crippen LogP) is 4.89. The monoisotopic (exact) mass is 346 g/mol. The molecule has 2 rings (SSSR count). The van der Waals surface area contributed by atoms with Crippen molar-refractivity contribution < 1.29 is 4.79 Å². The van der Waals surface area contributed by atoms with Crippen molar-refractivity contribution in [2.45, 2.75) is 26.8 Å². The molecule has 0 aromatic heterocycles. The third kappa shape index (κ3) is 4.08. The van der Waals surface area contributed by atoms with Crippen LogP contribution in [0.1, 0.15) is 31.0 Å². The van der Waals surface area contributed by atoms with E-state index in [1.807, 2.05) is 43.3 Å². The number of carbonyl (C=O) groups excluding carboxylic acids is 1. The third-order valence-electron chi connectivity index (χ3n) is 3.30. The molecule has 1 atom stereocenters. The van der Waals surface area contributed by atoms with E-state index >= 15 is 0 Å². The minimum Gasteiger partial charge on any atom is -0.378 e. The van der Waals surface area contributed by atoms with Crippen molar-refractivity contribution in [1.29, 1.82) is 0 Å². The Hall–Kier alpha value is -1.81. The van der Waals surface area contributed by atoms with Crippen molar-refractivity contribution in [3.63, 3.8) is 0 Å². The number of aryl methyl sites for hydroxylation is 1. The summed E-state index contributed by atoms with van der Waals surface area (Å²) in [7, 11) is 0. The number of halogens is 1. The Kier molecular flexibility index (Phi) is 5.02. The van der Waals surface area contributed by atoms with E-state index in [4.69, 9.17) is 0 Å². The lowest BCUT2D eigenvalue weighted by Crippen LogP contribution is -2.10. The normalized spacial score (nSPS) is 11.8. The Balaban J connectivity index is 2.22. The number of hydrogen-bond donors (Lipinski definition) is 2. The van der Waals surface area contributed by atoms with Crippen LogP contribution in [0.25, 0.3) is 0 Å². The lowest BCUT2D eigenvalue weighted by molar-refractivity contribution is -0.114. The average Bonchev–Trinajstić information content (AvgIpc) is 2.42. The quantitative estimate of drug-likeness (QED) is 0.827. The highest BCUT2D eigenvalue weighted by Crippen LogP contribution is 2.28. The molecule has 0 aliphatic carbocycles. The largest absolute Gasteiger partial charge is 0.378 e. The van der Waals surface area contributed by atoms with Gasteiger partial charge in [-0.05, 0) is 43.2 Å². The fourth-order valence-electron chi connectivity index (χ4n) is 2.20. The Morgan fingerprint density at radius 2 is 1.90 bits per heavy atom. The summed E-state index contributed by atoms with van der Waals surface area (Å²) in [5.41, 5.74) is 4.16. The van der Waals surface area contributed by atoms with Crippen LogP contribution in [-0.4, -0.2) is 5.91 Å². The molecule has 0 aliphatic rings.